The number of hydrogen-bond donors (Lipinski definition) is 0. The van der Waals surface area contributed by atoms with E-state index in [-0.39, 0.29) is 0 Å². The lowest BCUT2D eigenvalue weighted by Gasteiger charge is -2.13. The van der Waals surface area contributed by atoms with E-state index >= 15 is 0 Å². The molecule has 4 aromatic carbocycles. The van der Waals surface area contributed by atoms with Crippen LogP contribution in [0.2, 0.25) is 0 Å². The quantitative estimate of drug-likeness (QED) is 0.314. The Kier molecular flexibility index (Phi) is 5.30. The van der Waals surface area contributed by atoms with Gasteiger partial charge in [-0.05, 0) is 81.5 Å². The monoisotopic (exact) mass is 400 g/mol. The molecule has 0 N–H and O–H groups in total. The van der Waals surface area contributed by atoms with E-state index in [0.29, 0.717) is 5.92 Å². The maximum Gasteiger partial charge on any atom is -0.00549 e. The Bertz CT molecular complexity index is 1170. The highest BCUT2D eigenvalue weighted by Crippen LogP contribution is 2.39. The van der Waals surface area contributed by atoms with Crippen molar-refractivity contribution in [1.82, 2.24) is 0 Å². The Labute approximate surface area is 185 Å². The van der Waals surface area contributed by atoms with Crippen molar-refractivity contribution >= 4 is 6.08 Å². The summed E-state index contributed by atoms with van der Waals surface area (Å²) in [4.78, 5) is 0. The Morgan fingerprint density at radius 1 is 0.645 bits per heavy atom. The summed E-state index contributed by atoms with van der Waals surface area (Å²) in [5.74, 6) is 0.635. The van der Waals surface area contributed by atoms with Gasteiger partial charge in [0.25, 0.3) is 0 Å². The summed E-state index contributed by atoms with van der Waals surface area (Å²) in [5.41, 5.74) is 12.1. The van der Waals surface area contributed by atoms with Crippen LogP contribution < -0.4 is 0 Å². The molecule has 0 heteroatoms. The zero-order valence-corrected chi connectivity index (χ0v) is 18.3. The molecule has 0 nitrogen and oxygen atoms in total. The summed E-state index contributed by atoms with van der Waals surface area (Å²) in [7, 11) is 0. The van der Waals surface area contributed by atoms with Gasteiger partial charge in [0.15, 0.2) is 0 Å². The van der Waals surface area contributed by atoms with Gasteiger partial charge in [-0.2, -0.15) is 0 Å². The van der Waals surface area contributed by atoms with E-state index in [2.05, 4.69) is 117 Å². The molecule has 1 aliphatic rings. The van der Waals surface area contributed by atoms with E-state index in [4.69, 9.17) is 0 Å². The highest BCUT2D eigenvalue weighted by atomic mass is 14.2. The van der Waals surface area contributed by atoms with Crippen molar-refractivity contribution in [3.05, 3.63) is 114 Å². The summed E-state index contributed by atoms with van der Waals surface area (Å²) in [6.07, 6.45) is 4.73. The molecule has 0 saturated carbocycles. The van der Waals surface area contributed by atoms with Crippen LogP contribution in [0.15, 0.2) is 103 Å². The average Bonchev–Trinajstić information content (AvgIpc) is 3.29. The highest BCUT2D eigenvalue weighted by molar-refractivity contribution is 5.86. The fourth-order valence-corrected chi connectivity index (χ4v) is 4.60. The van der Waals surface area contributed by atoms with E-state index < -0.39 is 0 Å². The average molecular weight is 401 g/mol. The lowest BCUT2D eigenvalue weighted by atomic mass is 9.91. The number of rotatable bonds is 5. The van der Waals surface area contributed by atoms with E-state index in [1.807, 2.05) is 0 Å². The summed E-state index contributed by atoms with van der Waals surface area (Å²) >= 11 is 0. The molecule has 4 aromatic rings. The molecular formula is C31H28. The molecular weight excluding hydrogens is 372 g/mol. The molecule has 0 heterocycles. The second-order valence-electron chi connectivity index (χ2n) is 8.61. The van der Waals surface area contributed by atoms with Gasteiger partial charge in [-0.1, -0.05) is 104 Å². The van der Waals surface area contributed by atoms with Crippen LogP contribution in [0, 0.1) is 5.92 Å². The van der Waals surface area contributed by atoms with Gasteiger partial charge in [-0.25, -0.2) is 0 Å². The van der Waals surface area contributed by atoms with E-state index in [0.717, 1.165) is 6.42 Å². The zero-order valence-electron chi connectivity index (χ0n) is 18.3. The molecule has 0 aliphatic heterocycles. The fourth-order valence-electron chi connectivity index (χ4n) is 4.60. The summed E-state index contributed by atoms with van der Waals surface area (Å²) < 4.78 is 0. The van der Waals surface area contributed by atoms with Gasteiger partial charge in [0, 0.05) is 0 Å². The first-order valence-corrected chi connectivity index (χ1v) is 11.3. The molecule has 1 aliphatic carbocycles. The third-order valence-corrected chi connectivity index (χ3v) is 6.62. The van der Waals surface area contributed by atoms with Gasteiger partial charge < -0.3 is 0 Å². The predicted octanol–water partition coefficient (Wildman–Crippen LogP) is 8.67. The SMILES string of the molecule is CCC(C)C1=Cc2c(cccc2-c2cc(-c3ccccc3)cc(-c3ccccc3)c2)C1. The summed E-state index contributed by atoms with van der Waals surface area (Å²) in [6.45, 7) is 4.63. The molecule has 152 valence electrons. The summed E-state index contributed by atoms with van der Waals surface area (Å²) in [6, 6.07) is 35.2. The maximum atomic E-state index is 2.45. The Hall–Kier alpha value is -3.38. The minimum atomic E-state index is 0.635. The van der Waals surface area contributed by atoms with Crippen LogP contribution in [0.25, 0.3) is 39.5 Å². The van der Waals surface area contributed by atoms with Crippen molar-refractivity contribution in [3.8, 4) is 33.4 Å². The molecule has 1 unspecified atom stereocenters. The topological polar surface area (TPSA) is 0 Å². The van der Waals surface area contributed by atoms with Crippen LogP contribution >= 0.6 is 0 Å². The standard InChI is InChI=1S/C31H28/c1-3-22(2)26-17-25-15-10-16-30(31(25)21-26)29-19-27(23-11-6-4-7-12-23)18-28(20-29)24-13-8-5-9-14-24/h4-16,18-22H,3,17H2,1-2H3. The Balaban J connectivity index is 1.69. The van der Waals surface area contributed by atoms with Crippen molar-refractivity contribution in [2.45, 2.75) is 26.7 Å². The van der Waals surface area contributed by atoms with Gasteiger partial charge in [-0.3, -0.25) is 0 Å². The van der Waals surface area contributed by atoms with Gasteiger partial charge in [-0.15, -0.1) is 0 Å². The molecule has 0 bridgehead atoms. The number of benzene rings is 4. The summed E-state index contributed by atoms with van der Waals surface area (Å²) in [5, 5.41) is 0. The second kappa shape index (κ2) is 8.40. The second-order valence-corrected chi connectivity index (χ2v) is 8.61. The first-order chi connectivity index (χ1) is 15.2. The molecule has 0 spiro atoms. The fraction of sp³-hybridized carbons (Fsp3) is 0.161. The predicted molar refractivity (Wildman–Crippen MR) is 134 cm³/mol. The molecule has 31 heavy (non-hydrogen) atoms. The molecule has 0 fully saturated rings. The Morgan fingerprint density at radius 2 is 1.23 bits per heavy atom. The van der Waals surface area contributed by atoms with Crippen molar-refractivity contribution in [3.63, 3.8) is 0 Å². The van der Waals surface area contributed by atoms with E-state index in [1.54, 1.807) is 5.57 Å². The van der Waals surface area contributed by atoms with E-state index in [9.17, 15) is 0 Å². The molecule has 0 saturated heterocycles. The van der Waals surface area contributed by atoms with Crippen LogP contribution in [-0.2, 0) is 6.42 Å². The van der Waals surface area contributed by atoms with Crippen LogP contribution in [0.1, 0.15) is 31.4 Å². The molecule has 0 amide bonds. The normalized spacial score (nSPS) is 13.5. The van der Waals surface area contributed by atoms with Crippen LogP contribution in [0.3, 0.4) is 0 Å². The molecule has 5 rings (SSSR count). The third-order valence-electron chi connectivity index (χ3n) is 6.62. The van der Waals surface area contributed by atoms with Crippen molar-refractivity contribution in [2.24, 2.45) is 5.92 Å². The van der Waals surface area contributed by atoms with Crippen molar-refractivity contribution in [2.75, 3.05) is 0 Å². The minimum Gasteiger partial charge on any atom is -0.0648 e. The van der Waals surface area contributed by atoms with Crippen LogP contribution in [0.5, 0.6) is 0 Å². The van der Waals surface area contributed by atoms with Gasteiger partial charge in [0.05, 0.1) is 0 Å². The minimum absolute atomic E-state index is 0.635. The number of hydrogen-bond acceptors (Lipinski definition) is 0. The van der Waals surface area contributed by atoms with E-state index in [1.165, 1.54) is 50.9 Å². The first-order valence-electron chi connectivity index (χ1n) is 11.3. The molecule has 0 aromatic heterocycles. The lowest BCUT2D eigenvalue weighted by molar-refractivity contribution is 0.647. The number of fused-ring (bicyclic) bond motifs is 1. The molecule has 1 atom stereocenters. The molecule has 0 radical (unpaired) electrons. The Morgan fingerprint density at radius 3 is 1.81 bits per heavy atom. The maximum absolute atomic E-state index is 2.45. The highest BCUT2D eigenvalue weighted by Gasteiger charge is 2.20. The largest absolute Gasteiger partial charge is 0.0648 e. The van der Waals surface area contributed by atoms with Crippen LogP contribution in [-0.4, -0.2) is 0 Å². The zero-order chi connectivity index (χ0) is 21.2. The smallest absolute Gasteiger partial charge is 0.00549 e. The third kappa shape index (κ3) is 3.86. The van der Waals surface area contributed by atoms with Crippen LogP contribution in [0.4, 0.5) is 0 Å². The van der Waals surface area contributed by atoms with Crippen molar-refractivity contribution < 1.29 is 0 Å². The lowest BCUT2D eigenvalue weighted by Crippen LogP contribution is -1.96. The number of allylic oxidation sites excluding steroid dienone is 1. The van der Waals surface area contributed by atoms with Gasteiger partial charge in [0.2, 0.25) is 0 Å². The van der Waals surface area contributed by atoms with Gasteiger partial charge in [0.1, 0.15) is 0 Å². The first kappa shape index (κ1) is 19.6. The van der Waals surface area contributed by atoms with Crippen molar-refractivity contribution in [1.29, 1.82) is 0 Å². The van der Waals surface area contributed by atoms with Gasteiger partial charge >= 0.3 is 0 Å².